The van der Waals surface area contributed by atoms with Crippen LogP contribution in [-0.2, 0) is 0 Å². The molecule has 2 heterocycles. The molecule has 9 aromatic carbocycles. The number of fused-ring (bicyclic) bond motifs is 9. The molecule has 11 rings (SSSR count). The predicted molar refractivity (Wildman–Crippen MR) is 219 cm³/mol. The highest BCUT2D eigenvalue weighted by Crippen LogP contribution is 2.41. The Hall–Kier alpha value is -7.17. The van der Waals surface area contributed by atoms with Gasteiger partial charge in [-0.15, -0.1) is 0 Å². The molecular formula is C49H29N3O. The van der Waals surface area contributed by atoms with Gasteiger partial charge in [0.1, 0.15) is 11.2 Å². The molecule has 0 spiro atoms. The van der Waals surface area contributed by atoms with Crippen LogP contribution < -0.4 is 0 Å². The van der Waals surface area contributed by atoms with Gasteiger partial charge in [-0.1, -0.05) is 152 Å². The van der Waals surface area contributed by atoms with E-state index in [1.807, 2.05) is 18.2 Å². The Labute approximate surface area is 304 Å². The van der Waals surface area contributed by atoms with Crippen LogP contribution in [0.15, 0.2) is 180 Å². The summed E-state index contributed by atoms with van der Waals surface area (Å²) < 4.78 is 6.29. The molecule has 11 aromatic rings. The molecule has 0 radical (unpaired) electrons. The van der Waals surface area contributed by atoms with E-state index in [9.17, 15) is 0 Å². The van der Waals surface area contributed by atoms with Gasteiger partial charge in [-0.05, 0) is 78.5 Å². The normalized spacial score (nSPS) is 11.8. The Bertz CT molecular complexity index is 3250. The van der Waals surface area contributed by atoms with Crippen molar-refractivity contribution in [1.29, 1.82) is 0 Å². The second-order valence-corrected chi connectivity index (χ2v) is 13.6. The zero-order chi connectivity index (χ0) is 34.9. The molecule has 53 heavy (non-hydrogen) atoms. The van der Waals surface area contributed by atoms with Gasteiger partial charge in [-0.25, -0.2) is 15.0 Å². The third-order valence-corrected chi connectivity index (χ3v) is 10.5. The molecule has 0 saturated heterocycles. The van der Waals surface area contributed by atoms with E-state index in [4.69, 9.17) is 19.4 Å². The van der Waals surface area contributed by atoms with Crippen LogP contribution in [0.4, 0.5) is 0 Å². The minimum Gasteiger partial charge on any atom is -0.456 e. The summed E-state index contributed by atoms with van der Waals surface area (Å²) in [7, 11) is 0. The summed E-state index contributed by atoms with van der Waals surface area (Å²) in [6.07, 6.45) is 0. The first-order valence-corrected chi connectivity index (χ1v) is 17.9. The molecule has 0 atom stereocenters. The van der Waals surface area contributed by atoms with Gasteiger partial charge >= 0.3 is 0 Å². The molecule has 4 heteroatoms. The number of para-hydroxylation sites is 1. The lowest BCUT2D eigenvalue weighted by molar-refractivity contribution is 0.669. The first kappa shape index (κ1) is 29.5. The van der Waals surface area contributed by atoms with Crippen LogP contribution in [0.2, 0.25) is 0 Å². The second-order valence-electron chi connectivity index (χ2n) is 13.6. The SMILES string of the molecule is c1ccc(-c2cccc3oc4ccccc4c23)c(-c2nc(-c3ccc4ccccc4c3)nc(-c3ccc4c(ccc5ccc6ccccc6c54)c3)n2)c1. The summed E-state index contributed by atoms with van der Waals surface area (Å²) in [6.45, 7) is 0. The van der Waals surface area contributed by atoms with E-state index < -0.39 is 0 Å². The maximum atomic E-state index is 6.29. The quantitative estimate of drug-likeness (QED) is 0.174. The van der Waals surface area contributed by atoms with Gasteiger partial charge in [0.25, 0.3) is 0 Å². The number of aromatic nitrogens is 3. The van der Waals surface area contributed by atoms with Gasteiger partial charge < -0.3 is 4.42 Å². The standard InChI is InChI=1S/C49H29N3O/c1-2-12-33-28-35(25-20-30(33)10-1)47-50-48(36-26-27-38-34(29-36)24-23-32-22-21-31-11-3-4-13-37(31)45(32)38)52-49(51-47)41-15-6-5-14-39(41)40-17-9-19-44-46(40)42-16-7-8-18-43(42)53-44/h1-29H. The molecule has 0 aliphatic rings. The van der Waals surface area contributed by atoms with Crippen molar-refractivity contribution in [2.45, 2.75) is 0 Å². The minimum atomic E-state index is 0.614. The predicted octanol–water partition coefficient (Wildman–Crippen LogP) is 13.1. The molecule has 0 saturated carbocycles. The summed E-state index contributed by atoms with van der Waals surface area (Å²) in [5, 5.41) is 11.8. The number of hydrogen-bond acceptors (Lipinski definition) is 4. The lowest BCUT2D eigenvalue weighted by Crippen LogP contribution is -2.01. The van der Waals surface area contributed by atoms with Crippen molar-refractivity contribution in [2.75, 3.05) is 0 Å². The maximum Gasteiger partial charge on any atom is 0.164 e. The van der Waals surface area contributed by atoms with Crippen molar-refractivity contribution in [2.24, 2.45) is 0 Å². The number of nitrogens with zero attached hydrogens (tertiary/aromatic N) is 3. The number of hydrogen-bond donors (Lipinski definition) is 0. The van der Waals surface area contributed by atoms with Crippen LogP contribution in [0.3, 0.4) is 0 Å². The second kappa shape index (κ2) is 11.7. The number of rotatable bonds is 4. The van der Waals surface area contributed by atoms with Crippen molar-refractivity contribution < 1.29 is 4.42 Å². The van der Waals surface area contributed by atoms with Gasteiger partial charge in [0, 0.05) is 27.5 Å². The molecule has 0 aliphatic heterocycles. The topological polar surface area (TPSA) is 51.8 Å². The molecule has 246 valence electrons. The van der Waals surface area contributed by atoms with Crippen LogP contribution in [0.5, 0.6) is 0 Å². The van der Waals surface area contributed by atoms with E-state index in [1.165, 1.54) is 32.3 Å². The summed E-state index contributed by atoms with van der Waals surface area (Å²) in [4.78, 5) is 15.6. The first-order valence-electron chi connectivity index (χ1n) is 17.9. The highest BCUT2D eigenvalue weighted by molar-refractivity contribution is 6.20. The Morgan fingerprint density at radius 2 is 0.849 bits per heavy atom. The fraction of sp³-hybridized carbons (Fsp3) is 0. The van der Waals surface area contributed by atoms with Crippen LogP contribution in [-0.4, -0.2) is 15.0 Å². The van der Waals surface area contributed by atoms with Crippen molar-refractivity contribution >= 4 is 65.0 Å². The minimum absolute atomic E-state index is 0.614. The number of benzene rings is 9. The summed E-state index contributed by atoms with van der Waals surface area (Å²) in [5.74, 6) is 1.87. The highest BCUT2D eigenvalue weighted by Gasteiger charge is 2.19. The molecule has 0 bridgehead atoms. The van der Waals surface area contributed by atoms with E-state index in [1.54, 1.807) is 0 Å². The van der Waals surface area contributed by atoms with Crippen molar-refractivity contribution in [1.82, 2.24) is 15.0 Å². The van der Waals surface area contributed by atoms with Crippen molar-refractivity contribution in [3.63, 3.8) is 0 Å². The first-order chi connectivity index (χ1) is 26.2. The lowest BCUT2D eigenvalue weighted by atomic mass is 9.94. The van der Waals surface area contributed by atoms with Crippen LogP contribution >= 0.6 is 0 Å². The smallest absolute Gasteiger partial charge is 0.164 e. The zero-order valence-electron chi connectivity index (χ0n) is 28.5. The Kier molecular flexibility index (Phi) is 6.52. The van der Waals surface area contributed by atoms with Gasteiger partial charge in [-0.3, -0.25) is 0 Å². The average Bonchev–Trinajstić information content (AvgIpc) is 3.62. The monoisotopic (exact) mass is 675 g/mol. The molecule has 0 aliphatic carbocycles. The van der Waals surface area contributed by atoms with Gasteiger partial charge in [-0.2, -0.15) is 0 Å². The Morgan fingerprint density at radius 3 is 1.70 bits per heavy atom. The lowest BCUT2D eigenvalue weighted by Gasteiger charge is -2.13. The van der Waals surface area contributed by atoms with Gasteiger partial charge in [0.05, 0.1) is 0 Å². The van der Waals surface area contributed by atoms with Gasteiger partial charge in [0.15, 0.2) is 17.5 Å². The van der Waals surface area contributed by atoms with Crippen LogP contribution in [0, 0.1) is 0 Å². The molecule has 0 unspecified atom stereocenters. The zero-order valence-corrected chi connectivity index (χ0v) is 28.5. The van der Waals surface area contributed by atoms with Crippen LogP contribution in [0.1, 0.15) is 0 Å². The molecule has 0 fully saturated rings. The molecule has 4 nitrogen and oxygen atoms in total. The van der Waals surface area contributed by atoms with E-state index >= 15 is 0 Å². The van der Waals surface area contributed by atoms with Crippen molar-refractivity contribution in [3.8, 4) is 45.3 Å². The van der Waals surface area contributed by atoms with Gasteiger partial charge in [0.2, 0.25) is 0 Å². The van der Waals surface area contributed by atoms with E-state index in [-0.39, 0.29) is 0 Å². The molecular weight excluding hydrogens is 647 g/mol. The van der Waals surface area contributed by atoms with Crippen molar-refractivity contribution in [3.05, 3.63) is 176 Å². The third-order valence-electron chi connectivity index (χ3n) is 10.5. The summed E-state index contributed by atoms with van der Waals surface area (Å²) >= 11 is 0. The molecule has 0 N–H and O–H groups in total. The Morgan fingerprint density at radius 1 is 0.302 bits per heavy atom. The fourth-order valence-corrected chi connectivity index (χ4v) is 7.97. The molecule has 0 amide bonds. The van der Waals surface area contributed by atoms with Crippen LogP contribution in [0.25, 0.3) is 110 Å². The maximum absolute atomic E-state index is 6.29. The molecule has 2 aromatic heterocycles. The summed E-state index contributed by atoms with van der Waals surface area (Å²) in [6, 6.07) is 61.6. The number of furan rings is 1. The summed E-state index contributed by atoms with van der Waals surface area (Å²) in [5.41, 5.74) is 6.61. The average molecular weight is 676 g/mol. The fourth-order valence-electron chi connectivity index (χ4n) is 7.97. The van der Waals surface area contributed by atoms with E-state index in [0.717, 1.165) is 60.5 Å². The highest BCUT2D eigenvalue weighted by atomic mass is 16.3. The van der Waals surface area contributed by atoms with E-state index in [0.29, 0.717) is 17.5 Å². The largest absolute Gasteiger partial charge is 0.456 e. The van der Waals surface area contributed by atoms with E-state index in [2.05, 4.69) is 158 Å². The Balaban J connectivity index is 1.14. The third kappa shape index (κ3) is 4.80.